The SMILES string of the molecule is COCCCn1c(SCC(=O)O)nc2ccsc2c1=O. The minimum Gasteiger partial charge on any atom is -0.481 e. The smallest absolute Gasteiger partial charge is 0.313 e. The Bertz CT molecular complexity index is 665. The first kappa shape index (κ1) is 15.0. The van der Waals surface area contributed by atoms with E-state index in [2.05, 4.69) is 4.98 Å². The van der Waals surface area contributed by atoms with Crippen LogP contribution < -0.4 is 5.56 Å². The van der Waals surface area contributed by atoms with E-state index in [1.165, 1.54) is 15.9 Å². The number of rotatable bonds is 7. The average molecular weight is 314 g/mol. The van der Waals surface area contributed by atoms with Crippen molar-refractivity contribution in [3.05, 3.63) is 21.8 Å². The lowest BCUT2D eigenvalue weighted by molar-refractivity contribution is -0.133. The highest BCUT2D eigenvalue weighted by Crippen LogP contribution is 2.20. The van der Waals surface area contributed by atoms with Gasteiger partial charge in [0, 0.05) is 20.3 Å². The van der Waals surface area contributed by atoms with Crippen molar-refractivity contribution >= 4 is 39.3 Å². The van der Waals surface area contributed by atoms with Crippen molar-refractivity contribution in [2.75, 3.05) is 19.5 Å². The van der Waals surface area contributed by atoms with E-state index in [0.717, 1.165) is 11.8 Å². The average Bonchev–Trinajstić information content (AvgIpc) is 2.87. The number of carboxylic acids is 1. The minimum absolute atomic E-state index is 0.117. The van der Waals surface area contributed by atoms with Crippen LogP contribution in [0.25, 0.3) is 10.2 Å². The fourth-order valence-electron chi connectivity index (χ4n) is 1.72. The third kappa shape index (κ3) is 3.38. The van der Waals surface area contributed by atoms with Crippen LogP contribution in [-0.4, -0.2) is 40.1 Å². The lowest BCUT2D eigenvalue weighted by atomic mass is 10.4. The van der Waals surface area contributed by atoms with Crippen LogP contribution in [0.4, 0.5) is 0 Å². The Hall–Kier alpha value is -1.38. The molecule has 0 saturated carbocycles. The van der Waals surface area contributed by atoms with Gasteiger partial charge in [-0.15, -0.1) is 11.3 Å². The maximum atomic E-state index is 12.4. The van der Waals surface area contributed by atoms with Crippen LogP contribution in [0.2, 0.25) is 0 Å². The Balaban J connectivity index is 2.37. The van der Waals surface area contributed by atoms with E-state index in [9.17, 15) is 9.59 Å². The number of carbonyl (C=O) groups is 1. The molecule has 6 nitrogen and oxygen atoms in total. The Morgan fingerprint density at radius 2 is 2.40 bits per heavy atom. The summed E-state index contributed by atoms with van der Waals surface area (Å²) in [4.78, 5) is 27.4. The number of fused-ring (bicyclic) bond motifs is 1. The van der Waals surface area contributed by atoms with Crippen molar-refractivity contribution < 1.29 is 14.6 Å². The molecular weight excluding hydrogens is 300 g/mol. The molecule has 0 aromatic carbocycles. The lowest BCUT2D eigenvalue weighted by Gasteiger charge is -2.10. The molecule has 2 rings (SSSR count). The summed E-state index contributed by atoms with van der Waals surface area (Å²) in [5.41, 5.74) is 0.505. The molecule has 2 heterocycles. The number of methoxy groups -OCH3 is 1. The molecule has 0 atom stereocenters. The number of thioether (sulfide) groups is 1. The number of carboxylic acid groups (broad SMARTS) is 1. The summed E-state index contributed by atoms with van der Waals surface area (Å²) >= 11 is 2.41. The predicted molar refractivity (Wildman–Crippen MR) is 78.7 cm³/mol. The van der Waals surface area contributed by atoms with E-state index < -0.39 is 5.97 Å². The number of thiophene rings is 1. The molecule has 2 aromatic rings. The fourth-order valence-corrected chi connectivity index (χ4v) is 3.25. The molecule has 0 aliphatic carbocycles. The summed E-state index contributed by atoms with van der Waals surface area (Å²) in [6, 6.07) is 1.77. The highest BCUT2D eigenvalue weighted by Gasteiger charge is 2.13. The Labute approximate surface area is 123 Å². The van der Waals surface area contributed by atoms with Gasteiger partial charge in [0.05, 0.1) is 11.3 Å². The zero-order valence-electron chi connectivity index (χ0n) is 10.9. The van der Waals surface area contributed by atoms with Crippen LogP contribution >= 0.6 is 23.1 Å². The van der Waals surface area contributed by atoms with Gasteiger partial charge in [-0.2, -0.15) is 0 Å². The first-order valence-electron chi connectivity index (χ1n) is 5.95. The van der Waals surface area contributed by atoms with E-state index in [-0.39, 0.29) is 11.3 Å². The first-order valence-corrected chi connectivity index (χ1v) is 7.81. The molecular formula is C12H14N2O4S2. The second kappa shape index (κ2) is 6.87. The number of aliphatic carboxylic acids is 1. The van der Waals surface area contributed by atoms with Gasteiger partial charge in [0.25, 0.3) is 5.56 Å². The minimum atomic E-state index is -0.932. The van der Waals surface area contributed by atoms with Gasteiger partial charge in [-0.05, 0) is 17.9 Å². The van der Waals surface area contributed by atoms with Gasteiger partial charge in [-0.1, -0.05) is 11.8 Å². The second-order valence-electron chi connectivity index (χ2n) is 4.01. The normalized spacial score (nSPS) is 11.1. The van der Waals surface area contributed by atoms with Gasteiger partial charge in [-0.25, -0.2) is 4.98 Å². The molecule has 20 heavy (non-hydrogen) atoms. The van der Waals surface area contributed by atoms with Gasteiger partial charge < -0.3 is 9.84 Å². The van der Waals surface area contributed by atoms with Gasteiger partial charge in [0.15, 0.2) is 5.16 Å². The third-order valence-electron chi connectivity index (χ3n) is 2.59. The van der Waals surface area contributed by atoms with Crippen LogP contribution in [0.5, 0.6) is 0 Å². The van der Waals surface area contributed by atoms with Crippen molar-refractivity contribution in [2.45, 2.75) is 18.1 Å². The van der Waals surface area contributed by atoms with Crippen LogP contribution in [0.1, 0.15) is 6.42 Å². The standard InChI is InChI=1S/C12H14N2O4S2/c1-18-5-2-4-14-11(17)10-8(3-6-19-10)13-12(14)20-7-9(15)16/h3,6H,2,4-5,7H2,1H3,(H,15,16). The molecule has 0 unspecified atom stereocenters. The second-order valence-corrected chi connectivity index (χ2v) is 5.87. The van der Waals surface area contributed by atoms with Crippen LogP contribution in [0.3, 0.4) is 0 Å². The van der Waals surface area contributed by atoms with Gasteiger partial charge in [0.2, 0.25) is 0 Å². The molecule has 0 fully saturated rings. The highest BCUT2D eigenvalue weighted by molar-refractivity contribution is 7.99. The summed E-state index contributed by atoms with van der Waals surface area (Å²) in [7, 11) is 1.60. The molecule has 8 heteroatoms. The van der Waals surface area contributed by atoms with E-state index >= 15 is 0 Å². The topological polar surface area (TPSA) is 81.4 Å². The van der Waals surface area contributed by atoms with Crippen molar-refractivity contribution in [3.8, 4) is 0 Å². The number of hydrogen-bond acceptors (Lipinski definition) is 6. The van der Waals surface area contributed by atoms with E-state index in [0.29, 0.717) is 34.9 Å². The van der Waals surface area contributed by atoms with E-state index in [1.54, 1.807) is 13.2 Å². The number of aromatic nitrogens is 2. The predicted octanol–water partition coefficient (Wildman–Crippen LogP) is 1.67. The molecule has 1 N–H and O–H groups in total. The van der Waals surface area contributed by atoms with Gasteiger partial charge in [-0.3, -0.25) is 14.2 Å². The fraction of sp³-hybridized carbons (Fsp3) is 0.417. The molecule has 0 bridgehead atoms. The Morgan fingerprint density at radius 1 is 1.60 bits per heavy atom. The van der Waals surface area contributed by atoms with E-state index in [1.807, 2.05) is 5.38 Å². The molecule has 0 aliphatic rings. The molecule has 0 aliphatic heterocycles. The third-order valence-corrected chi connectivity index (χ3v) is 4.44. The molecule has 0 amide bonds. The number of nitrogens with zero attached hydrogens (tertiary/aromatic N) is 2. The summed E-state index contributed by atoms with van der Waals surface area (Å²) < 4.78 is 7.11. The highest BCUT2D eigenvalue weighted by atomic mass is 32.2. The summed E-state index contributed by atoms with van der Waals surface area (Å²) in [5, 5.41) is 11.0. The van der Waals surface area contributed by atoms with Crippen LogP contribution in [-0.2, 0) is 16.1 Å². The van der Waals surface area contributed by atoms with Gasteiger partial charge >= 0.3 is 5.97 Å². The quantitative estimate of drug-likeness (QED) is 0.476. The Kier molecular flexibility index (Phi) is 5.16. The van der Waals surface area contributed by atoms with Crippen molar-refractivity contribution in [1.29, 1.82) is 0 Å². The van der Waals surface area contributed by atoms with Crippen molar-refractivity contribution in [3.63, 3.8) is 0 Å². The zero-order valence-corrected chi connectivity index (χ0v) is 12.5. The van der Waals surface area contributed by atoms with Crippen molar-refractivity contribution in [2.24, 2.45) is 0 Å². The maximum Gasteiger partial charge on any atom is 0.313 e. The summed E-state index contributed by atoms with van der Waals surface area (Å²) in [5.74, 6) is -1.05. The molecule has 2 aromatic heterocycles. The molecule has 0 radical (unpaired) electrons. The van der Waals surface area contributed by atoms with Gasteiger partial charge in [0.1, 0.15) is 4.70 Å². The lowest BCUT2D eigenvalue weighted by Crippen LogP contribution is -2.23. The molecule has 0 spiro atoms. The summed E-state index contributed by atoms with van der Waals surface area (Å²) in [6.45, 7) is 1.01. The number of ether oxygens (including phenoxy) is 1. The van der Waals surface area contributed by atoms with Crippen molar-refractivity contribution in [1.82, 2.24) is 9.55 Å². The molecule has 0 saturated heterocycles. The van der Waals surface area contributed by atoms with Crippen LogP contribution in [0.15, 0.2) is 21.4 Å². The maximum absolute atomic E-state index is 12.4. The zero-order chi connectivity index (χ0) is 14.5. The summed E-state index contributed by atoms with van der Waals surface area (Å²) in [6.07, 6.45) is 0.676. The monoisotopic (exact) mass is 314 g/mol. The Morgan fingerprint density at radius 3 is 3.10 bits per heavy atom. The number of hydrogen-bond donors (Lipinski definition) is 1. The van der Waals surface area contributed by atoms with Crippen LogP contribution in [0, 0.1) is 0 Å². The largest absolute Gasteiger partial charge is 0.481 e. The molecule has 108 valence electrons. The first-order chi connectivity index (χ1) is 9.63. The van der Waals surface area contributed by atoms with E-state index in [4.69, 9.17) is 9.84 Å².